The maximum atomic E-state index is 6.39. The Balaban J connectivity index is 2.18. The second kappa shape index (κ2) is 5.12. The first-order valence-electron chi connectivity index (χ1n) is 6.07. The van der Waals surface area contributed by atoms with Crippen molar-refractivity contribution in [1.82, 2.24) is 9.78 Å². The molecule has 1 heterocycles. The van der Waals surface area contributed by atoms with Crippen LogP contribution in [0.2, 0.25) is 5.02 Å². The van der Waals surface area contributed by atoms with Crippen LogP contribution in [0, 0.1) is 0 Å². The normalized spacial score (nSPS) is 14.4. The van der Waals surface area contributed by atoms with Gasteiger partial charge in [-0.1, -0.05) is 23.7 Å². The number of aromatic nitrogens is 2. The molecule has 4 heteroatoms. The minimum Gasteiger partial charge on any atom is -0.321 e. The van der Waals surface area contributed by atoms with Crippen LogP contribution in [0.5, 0.6) is 0 Å². The summed E-state index contributed by atoms with van der Waals surface area (Å²) in [6, 6.07) is 7.70. The van der Waals surface area contributed by atoms with Crippen molar-refractivity contribution in [3.63, 3.8) is 0 Å². The molecule has 0 aliphatic heterocycles. The van der Waals surface area contributed by atoms with E-state index < -0.39 is 5.54 Å². The van der Waals surface area contributed by atoms with Crippen LogP contribution < -0.4 is 5.73 Å². The summed E-state index contributed by atoms with van der Waals surface area (Å²) in [5.74, 6) is 0. The fraction of sp³-hybridized carbons (Fsp3) is 0.357. The molecule has 1 atom stereocenters. The van der Waals surface area contributed by atoms with Gasteiger partial charge in [0.2, 0.25) is 0 Å². The highest BCUT2D eigenvalue weighted by molar-refractivity contribution is 6.30. The Morgan fingerprint density at radius 3 is 2.56 bits per heavy atom. The summed E-state index contributed by atoms with van der Waals surface area (Å²) >= 11 is 5.89. The van der Waals surface area contributed by atoms with E-state index in [0.29, 0.717) is 0 Å². The average Bonchev–Trinajstić information content (AvgIpc) is 2.76. The Labute approximate surface area is 113 Å². The highest BCUT2D eigenvalue weighted by atomic mass is 35.5. The number of hydrogen-bond acceptors (Lipinski definition) is 2. The van der Waals surface area contributed by atoms with Gasteiger partial charge in [0.1, 0.15) is 0 Å². The molecule has 0 aliphatic carbocycles. The highest BCUT2D eigenvalue weighted by Crippen LogP contribution is 2.24. The molecular weight excluding hydrogens is 246 g/mol. The topological polar surface area (TPSA) is 43.8 Å². The van der Waals surface area contributed by atoms with Crippen molar-refractivity contribution >= 4 is 11.6 Å². The third-order valence-corrected chi connectivity index (χ3v) is 3.34. The summed E-state index contributed by atoms with van der Waals surface area (Å²) in [6.45, 7) is 4.97. The molecule has 0 saturated carbocycles. The number of nitrogens with zero attached hydrogens (tertiary/aromatic N) is 2. The number of rotatable bonds is 4. The first-order chi connectivity index (χ1) is 8.51. The minimum absolute atomic E-state index is 0.411. The van der Waals surface area contributed by atoms with Crippen LogP contribution in [0.4, 0.5) is 0 Å². The fourth-order valence-electron chi connectivity index (χ4n) is 2.03. The van der Waals surface area contributed by atoms with Gasteiger partial charge in [0, 0.05) is 23.3 Å². The Bertz CT molecular complexity index is 514. The van der Waals surface area contributed by atoms with Gasteiger partial charge in [0.05, 0.1) is 6.20 Å². The van der Waals surface area contributed by atoms with E-state index in [1.165, 1.54) is 0 Å². The summed E-state index contributed by atoms with van der Waals surface area (Å²) in [5.41, 5.74) is 8.21. The van der Waals surface area contributed by atoms with E-state index in [4.69, 9.17) is 17.3 Å². The second-order valence-corrected chi connectivity index (χ2v) is 5.24. The van der Waals surface area contributed by atoms with E-state index in [-0.39, 0.29) is 0 Å². The second-order valence-electron chi connectivity index (χ2n) is 4.81. The van der Waals surface area contributed by atoms with E-state index in [1.54, 1.807) is 0 Å². The molecular formula is C14H18ClN3. The van der Waals surface area contributed by atoms with Crippen LogP contribution in [-0.2, 0) is 18.5 Å². The maximum Gasteiger partial charge on any atom is 0.0522 e. The van der Waals surface area contributed by atoms with Crippen LogP contribution in [0.1, 0.15) is 25.0 Å². The summed E-state index contributed by atoms with van der Waals surface area (Å²) < 4.78 is 1.91. The number of hydrogen-bond donors (Lipinski definition) is 1. The molecule has 0 radical (unpaired) electrons. The van der Waals surface area contributed by atoms with E-state index in [0.717, 1.165) is 29.1 Å². The zero-order valence-electron chi connectivity index (χ0n) is 10.7. The number of aryl methyl sites for hydroxylation is 1. The average molecular weight is 264 g/mol. The lowest BCUT2D eigenvalue weighted by molar-refractivity contribution is 0.491. The van der Waals surface area contributed by atoms with Crippen LogP contribution in [0.15, 0.2) is 36.7 Å². The molecule has 2 N–H and O–H groups in total. The van der Waals surface area contributed by atoms with Gasteiger partial charge in [-0.05, 0) is 43.5 Å². The molecule has 0 aliphatic rings. The van der Waals surface area contributed by atoms with Gasteiger partial charge in [-0.2, -0.15) is 5.10 Å². The predicted molar refractivity (Wildman–Crippen MR) is 74.6 cm³/mol. The largest absolute Gasteiger partial charge is 0.321 e. The lowest BCUT2D eigenvalue weighted by atomic mass is 9.88. The minimum atomic E-state index is -0.411. The van der Waals surface area contributed by atoms with Crippen molar-refractivity contribution < 1.29 is 0 Å². The Kier molecular flexibility index (Phi) is 3.73. The first-order valence-corrected chi connectivity index (χ1v) is 6.45. The Morgan fingerprint density at radius 2 is 2.00 bits per heavy atom. The molecule has 0 saturated heterocycles. The van der Waals surface area contributed by atoms with Crippen LogP contribution in [0.25, 0.3) is 0 Å². The monoisotopic (exact) mass is 263 g/mol. The van der Waals surface area contributed by atoms with E-state index >= 15 is 0 Å². The smallest absolute Gasteiger partial charge is 0.0522 e. The zero-order valence-corrected chi connectivity index (χ0v) is 11.5. The van der Waals surface area contributed by atoms with E-state index in [1.807, 2.05) is 48.3 Å². The molecule has 2 aromatic rings. The van der Waals surface area contributed by atoms with Crippen molar-refractivity contribution in [3.05, 3.63) is 52.8 Å². The van der Waals surface area contributed by atoms with E-state index in [2.05, 4.69) is 12.0 Å². The zero-order chi connectivity index (χ0) is 13.2. The molecule has 0 bridgehead atoms. The van der Waals surface area contributed by atoms with E-state index in [9.17, 15) is 0 Å². The van der Waals surface area contributed by atoms with Gasteiger partial charge in [-0.15, -0.1) is 0 Å². The summed E-state index contributed by atoms with van der Waals surface area (Å²) in [5, 5.41) is 5.00. The number of benzene rings is 1. The molecule has 2 rings (SSSR count). The summed E-state index contributed by atoms with van der Waals surface area (Å²) in [6.07, 6.45) is 4.68. The van der Waals surface area contributed by atoms with Gasteiger partial charge in [-0.3, -0.25) is 4.68 Å². The number of nitrogens with two attached hydrogens (primary N) is 1. The molecule has 1 aromatic carbocycles. The third kappa shape index (κ3) is 2.92. The highest BCUT2D eigenvalue weighted by Gasteiger charge is 2.22. The standard InChI is InChI=1S/C14H18ClN3/c1-3-18-10-11(9-17-18)8-14(2,16)12-4-6-13(15)7-5-12/h4-7,9-10H,3,8,16H2,1-2H3. The molecule has 96 valence electrons. The van der Waals surface area contributed by atoms with Crippen LogP contribution in [0.3, 0.4) is 0 Å². The molecule has 0 fully saturated rings. The summed E-state index contributed by atoms with van der Waals surface area (Å²) in [7, 11) is 0. The number of halogens is 1. The van der Waals surface area contributed by atoms with Crippen molar-refractivity contribution in [2.75, 3.05) is 0 Å². The Morgan fingerprint density at radius 1 is 1.33 bits per heavy atom. The molecule has 18 heavy (non-hydrogen) atoms. The Hall–Kier alpha value is -1.32. The van der Waals surface area contributed by atoms with Gasteiger partial charge < -0.3 is 5.73 Å². The van der Waals surface area contributed by atoms with Crippen molar-refractivity contribution in [2.24, 2.45) is 5.73 Å². The predicted octanol–water partition coefficient (Wildman–Crippen LogP) is 2.97. The molecule has 3 nitrogen and oxygen atoms in total. The van der Waals surface area contributed by atoms with Gasteiger partial charge in [-0.25, -0.2) is 0 Å². The van der Waals surface area contributed by atoms with Gasteiger partial charge in [0.25, 0.3) is 0 Å². The lowest BCUT2D eigenvalue weighted by Gasteiger charge is -2.24. The van der Waals surface area contributed by atoms with Crippen molar-refractivity contribution in [1.29, 1.82) is 0 Å². The van der Waals surface area contributed by atoms with Crippen LogP contribution in [-0.4, -0.2) is 9.78 Å². The van der Waals surface area contributed by atoms with Crippen molar-refractivity contribution in [2.45, 2.75) is 32.4 Å². The van der Waals surface area contributed by atoms with Crippen LogP contribution >= 0.6 is 11.6 Å². The van der Waals surface area contributed by atoms with Crippen molar-refractivity contribution in [3.8, 4) is 0 Å². The van der Waals surface area contributed by atoms with Gasteiger partial charge >= 0.3 is 0 Å². The first kappa shape index (κ1) is 13.1. The fourth-order valence-corrected chi connectivity index (χ4v) is 2.15. The molecule has 0 spiro atoms. The third-order valence-electron chi connectivity index (χ3n) is 3.09. The molecule has 1 unspecified atom stereocenters. The maximum absolute atomic E-state index is 6.39. The van der Waals surface area contributed by atoms with Gasteiger partial charge in [0.15, 0.2) is 0 Å². The molecule has 0 amide bonds. The quantitative estimate of drug-likeness (QED) is 0.922. The lowest BCUT2D eigenvalue weighted by Crippen LogP contribution is -2.35. The SMILES string of the molecule is CCn1cc(CC(C)(N)c2ccc(Cl)cc2)cn1. The molecule has 1 aromatic heterocycles. The summed E-state index contributed by atoms with van der Waals surface area (Å²) in [4.78, 5) is 0.